The lowest BCUT2D eigenvalue weighted by atomic mass is 10.1. The number of benzene rings is 1. The molecule has 0 radical (unpaired) electrons. The van der Waals surface area contributed by atoms with Gasteiger partial charge in [0, 0.05) is 25.7 Å². The van der Waals surface area contributed by atoms with E-state index in [2.05, 4.69) is 25.6 Å². The summed E-state index contributed by atoms with van der Waals surface area (Å²) in [6.07, 6.45) is 3.34. The first kappa shape index (κ1) is 17.3. The maximum Gasteiger partial charge on any atom is 0.230 e. The molecule has 0 spiro atoms. The van der Waals surface area contributed by atoms with Gasteiger partial charge in [0.25, 0.3) is 0 Å². The van der Waals surface area contributed by atoms with Crippen molar-refractivity contribution in [3.63, 3.8) is 0 Å². The molecule has 4 rings (SSSR count). The molecule has 0 bridgehead atoms. The zero-order chi connectivity index (χ0) is 18.8. The van der Waals surface area contributed by atoms with E-state index in [1.165, 1.54) is 12.1 Å². The van der Waals surface area contributed by atoms with Crippen LogP contribution in [0.25, 0.3) is 11.4 Å². The predicted molar refractivity (Wildman–Crippen MR) is 92.8 cm³/mol. The van der Waals surface area contributed by atoms with Crippen molar-refractivity contribution in [3.05, 3.63) is 42.2 Å². The highest BCUT2D eigenvalue weighted by atomic mass is 19.1. The molecule has 3 heterocycles. The number of piperidine rings is 1. The molecule has 1 aliphatic heterocycles. The van der Waals surface area contributed by atoms with Crippen molar-refractivity contribution < 1.29 is 9.18 Å². The third kappa shape index (κ3) is 3.69. The predicted octanol–water partition coefficient (Wildman–Crippen LogP) is 1.01. The number of carbonyl (C=O) groups is 1. The van der Waals surface area contributed by atoms with Gasteiger partial charge < -0.3 is 9.47 Å². The molecule has 3 aromatic rings. The van der Waals surface area contributed by atoms with E-state index in [-0.39, 0.29) is 24.2 Å². The summed E-state index contributed by atoms with van der Waals surface area (Å²) in [6, 6.07) is 6.09. The van der Waals surface area contributed by atoms with Gasteiger partial charge in [-0.25, -0.2) is 4.39 Å². The molecule has 2 aromatic heterocycles. The third-order valence-corrected chi connectivity index (χ3v) is 4.79. The van der Waals surface area contributed by atoms with Crippen molar-refractivity contribution in [1.29, 1.82) is 0 Å². The zero-order valence-corrected chi connectivity index (χ0v) is 14.9. The summed E-state index contributed by atoms with van der Waals surface area (Å²) in [5.41, 5.74) is 0.721. The number of carbonyl (C=O) groups excluding carboxylic acids is 1. The van der Waals surface area contributed by atoms with E-state index in [0.29, 0.717) is 24.7 Å². The Kier molecular flexibility index (Phi) is 4.61. The Morgan fingerprint density at radius 3 is 2.59 bits per heavy atom. The molecule has 10 heteroatoms. The van der Waals surface area contributed by atoms with Crippen molar-refractivity contribution in [2.75, 3.05) is 13.1 Å². The van der Waals surface area contributed by atoms with Crippen molar-refractivity contribution in [1.82, 2.24) is 39.9 Å². The lowest BCUT2D eigenvalue weighted by Gasteiger charge is -2.31. The van der Waals surface area contributed by atoms with Gasteiger partial charge in [-0.3, -0.25) is 4.79 Å². The average molecular weight is 370 g/mol. The molecule has 1 aromatic carbocycles. The van der Waals surface area contributed by atoms with Crippen LogP contribution < -0.4 is 0 Å². The van der Waals surface area contributed by atoms with Crippen molar-refractivity contribution in [2.45, 2.75) is 25.3 Å². The minimum Gasteiger partial charge on any atom is -0.342 e. The van der Waals surface area contributed by atoms with Crippen LogP contribution in [0.1, 0.15) is 24.7 Å². The fourth-order valence-corrected chi connectivity index (χ4v) is 3.15. The molecular formula is C17H19FN8O. The Bertz CT molecular complexity index is 927. The SMILES string of the molecule is Cn1cnnc1CC(=O)N1CCC(n2nnc(-c3ccc(F)cc3)n2)CC1. The van der Waals surface area contributed by atoms with Crippen LogP contribution >= 0.6 is 0 Å². The second-order valence-electron chi connectivity index (χ2n) is 6.59. The van der Waals surface area contributed by atoms with Gasteiger partial charge in [-0.1, -0.05) is 0 Å². The number of tetrazole rings is 1. The summed E-state index contributed by atoms with van der Waals surface area (Å²) in [5.74, 6) is 0.868. The van der Waals surface area contributed by atoms with Crippen LogP contribution in [-0.2, 0) is 18.3 Å². The fourth-order valence-electron chi connectivity index (χ4n) is 3.15. The topological polar surface area (TPSA) is 94.6 Å². The normalized spacial score (nSPS) is 15.3. The van der Waals surface area contributed by atoms with Crippen LogP contribution in [0.4, 0.5) is 4.39 Å². The number of nitrogens with zero attached hydrogens (tertiary/aromatic N) is 8. The Labute approximate surface area is 154 Å². The van der Waals surface area contributed by atoms with E-state index >= 15 is 0 Å². The molecule has 9 nitrogen and oxygen atoms in total. The number of aryl methyl sites for hydroxylation is 1. The molecular weight excluding hydrogens is 351 g/mol. The highest BCUT2D eigenvalue weighted by molar-refractivity contribution is 5.78. The van der Waals surface area contributed by atoms with Gasteiger partial charge in [-0.2, -0.15) is 4.80 Å². The van der Waals surface area contributed by atoms with Crippen LogP contribution in [0, 0.1) is 5.82 Å². The summed E-state index contributed by atoms with van der Waals surface area (Å²) in [4.78, 5) is 15.9. The van der Waals surface area contributed by atoms with Crippen LogP contribution in [0.15, 0.2) is 30.6 Å². The van der Waals surface area contributed by atoms with Gasteiger partial charge in [-0.15, -0.1) is 20.4 Å². The first-order valence-electron chi connectivity index (χ1n) is 8.76. The van der Waals surface area contributed by atoms with E-state index < -0.39 is 0 Å². The van der Waals surface area contributed by atoms with Gasteiger partial charge in [0.15, 0.2) is 0 Å². The molecule has 0 atom stereocenters. The van der Waals surface area contributed by atoms with Crippen molar-refractivity contribution in [3.8, 4) is 11.4 Å². The number of hydrogen-bond donors (Lipinski definition) is 0. The second-order valence-corrected chi connectivity index (χ2v) is 6.59. The lowest BCUT2D eigenvalue weighted by Crippen LogP contribution is -2.40. The third-order valence-electron chi connectivity index (χ3n) is 4.79. The van der Waals surface area contributed by atoms with Crippen LogP contribution in [0.2, 0.25) is 0 Å². The average Bonchev–Trinajstić information content (AvgIpc) is 3.32. The van der Waals surface area contributed by atoms with Gasteiger partial charge in [0.1, 0.15) is 18.0 Å². The summed E-state index contributed by atoms with van der Waals surface area (Å²) in [7, 11) is 1.82. The molecule has 0 aliphatic carbocycles. The first-order valence-corrected chi connectivity index (χ1v) is 8.76. The molecule has 0 saturated carbocycles. The molecule has 1 fully saturated rings. The molecule has 1 saturated heterocycles. The first-order chi connectivity index (χ1) is 13.1. The Morgan fingerprint density at radius 1 is 1.19 bits per heavy atom. The monoisotopic (exact) mass is 370 g/mol. The van der Waals surface area contributed by atoms with E-state index in [1.54, 1.807) is 27.8 Å². The molecule has 140 valence electrons. The Balaban J connectivity index is 1.36. The number of halogens is 1. The number of rotatable bonds is 4. The minimum atomic E-state index is -0.301. The largest absolute Gasteiger partial charge is 0.342 e. The molecule has 27 heavy (non-hydrogen) atoms. The molecule has 1 amide bonds. The van der Waals surface area contributed by atoms with Crippen molar-refractivity contribution in [2.24, 2.45) is 7.05 Å². The smallest absolute Gasteiger partial charge is 0.230 e. The van der Waals surface area contributed by atoms with Crippen molar-refractivity contribution >= 4 is 5.91 Å². The Hall–Kier alpha value is -3.17. The van der Waals surface area contributed by atoms with Crippen LogP contribution in [-0.4, -0.2) is 58.9 Å². The van der Waals surface area contributed by atoms with Gasteiger partial charge >= 0.3 is 0 Å². The maximum absolute atomic E-state index is 13.0. The fraction of sp³-hybridized carbons (Fsp3) is 0.412. The van der Waals surface area contributed by atoms with Gasteiger partial charge in [0.2, 0.25) is 11.7 Å². The van der Waals surface area contributed by atoms with Gasteiger partial charge in [-0.05, 0) is 42.3 Å². The maximum atomic E-state index is 13.0. The summed E-state index contributed by atoms with van der Waals surface area (Å²) in [6.45, 7) is 1.27. The number of likely N-dealkylation sites (tertiary alicyclic amines) is 1. The van der Waals surface area contributed by atoms with E-state index in [9.17, 15) is 9.18 Å². The summed E-state index contributed by atoms with van der Waals surface area (Å²) in [5, 5.41) is 20.4. The van der Waals surface area contributed by atoms with Gasteiger partial charge in [0.05, 0.1) is 12.5 Å². The van der Waals surface area contributed by atoms with Crippen LogP contribution in [0.5, 0.6) is 0 Å². The number of hydrogen-bond acceptors (Lipinski definition) is 6. The Morgan fingerprint density at radius 2 is 1.93 bits per heavy atom. The minimum absolute atomic E-state index is 0.0445. The zero-order valence-electron chi connectivity index (χ0n) is 14.9. The summed E-state index contributed by atoms with van der Waals surface area (Å²) < 4.78 is 14.8. The number of amides is 1. The van der Waals surface area contributed by atoms with E-state index in [0.717, 1.165) is 18.4 Å². The molecule has 0 N–H and O–H groups in total. The quantitative estimate of drug-likeness (QED) is 0.680. The second kappa shape index (κ2) is 7.22. The standard InChI is InChI=1S/C17H19FN8O/c1-24-11-19-20-15(24)10-16(27)25-8-6-14(7-9-25)26-22-17(21-23-26)12-2-4-13(18)5-3-12/h2-5,11,14H,6-10H2,1H3. The molecule has 1 aliphatic rings. The van der Waals surface area contributed by atoms with E-state index in [1.807, 2.05) is 11.9 Å². The van der Waals surface area contributed by atoms with E-state index in [4.69, 9.17) is 0 Å². The number of aromatic nitrogens is 7. The molecule has 0 unspecified atom stereocenters. The lowest BCUT2D eigenvalue weighted by molar-refractivity contribution is -0.132. The highest BCUT2D eigenvalue weighted by Crippen LogP contribution is 2.22. The highest BCUT2D eigenvalue weighted by Gasteiger charge is 2.26. The van der Waals surface area contributed by atoms with Crippen LogP contribution in [0.3, 0.4) is 0 Å². The summed E-state index contributed by atoms with van der Waals surface area (Å²) >= 11 is 0.